The molecule has 102 valence electrons. The van der Waals surface area contributed by atoms with Gasteiger partial charge in [0.2, 0.25) is 0 Å². The molecule has 0 bridgehead atoms. The summed E-state index contributed by atoms with van der Waals surface area (Å²) in [5.74, 6) is 0.701. The summed E-state index contributed by atoms with van der Waals surface area (Å²) in [5.41, 5.74) is 6.42. The molecule has 1 aromatic rings. The lowest BCUT2D eigenvalue weighted by atomic mass is 10.2. The van der Waals surface area contributed by atoms with Crippen LogP contribution in [0.15, 0.2) is 18.2 Å². The van der Waals surface area contributed by atoms with Crippen molar-refractivity contribution in [2.45, 2.75) is 39.8 Å². The van der Waals surface area contributed by atoms with Crippen molar-refractivity contribution in [3.05, 3.63) is 23.2 Å². The molecule has 0 aliphatic rings. The highest BCUT2D eigenvalue weighted by atomic mass is 35.5. The third-order valence-electron chi connectivity index (χ3n) is 2.91. The first kappa shape index (κ1) is 15.1. The molecule has 0 atom stereocenters. The second-order valence-electron chi connectivity index (χ2n) is 4.96. The molecule has 0 spiro atoms. The summed E-state index contributed by atoms with van der Waals surface area (Å²) in [5, 5.41) is 0.630. The lowest BCUT2D eigenvalue weighted by Crippen LogP contribution is -2.39. The van der Waals surface area contributed by atoms with Crippen molar-refractivity contribution in [2.24, 2.45) is 0 Å². The molecule has 0 saturated heterocycles. The molecule has 0 aromatic heterocycles. The highest BCUT2D eigenvalue weighted by Gasteiger charge is 2.13. The summed E-state index contributed by atoms with van der Waals surface area (Å²) in [6.45, 7) is 10.3. The van der Waals surface area contributed by atoms with Gasteiger partial charge in [0, 0.05) is 23.7 Å². The van der Waals surface area contributed by atoms with Gasteiger partial charge in [-0.2, -0.15) is 0 Å². The van der Waals surface area contributed by atoms with Crippen molar-refractivity contribution in [3.8, 4) is 5.75 Å². The lowest BCUT2D eigenvalue weighted by molar-refractivity contribution is 0.142. The molecule has 0 heterocycles. The normalized spacial score (nSPS) is 11.6. The fraction of sp³-hybridized carbons (Fsp3) is 0.571. The monoisotopic (exact) mass is 270 g/mol. The number of anilines is 1. The summed E-state index contributed by atoms with van der Waals surface area (Å²) in [7, 11) is 0. The first-order valence-electron chi connectivity index (χ1n) is 6.35. The summed E-state index contributed by atoms with van der Waals surface area (Å²) >= 11 is 5.84. The summed E-state index contributed by atoms with van der Waals surface area (Å²) < 4.78 is 5.70. The molecule has 0 aliphatic carbocycles. The minimum Gasteiger partial charge on any atom is -0.490 e. The second-order valence-corrected chi connectivity index (χ2v) is 5.39. The Morgan fingerprint density at radius 1 is 1.22 bits per heavy atom. The number of rotatable bonds is 6. The Kier molecular flexibility index (Phi) is 5.76. The molecule has 0 radical (unpaired) electrons. The average Bonchev–Trinajstić information content (AvgIpc) is 2.25. The van der Waals surface area contributed by atoms with Crippen LogP contribution >= 0.6 is 11.6 Å². The summed E-state index contributed by atoms with van der Waals surface area (Å²) in [4.78, 5) is 2.38. The Morgan fingerprint density at radius 2 is 1.83 bits per heavy atom. The van der Waals surface area contributed by atoms with Gasteiger partial charge in [0.05, 0.1) is 5.69 Å². The van der Waals surface area contributed by atoms with Crippen LogP contribution in [0.4, 0.5) is 5.69 Å². The van der Waals surface area contributed by atoms with Gasteiger partial charge in [-0.15, -0.1) is 0 Å². The smallest absolute Gasteiger partial charge is 0.142 e. The van der Waals surface area contributed by atoms with E-state index in [2.05, 4.69) is 32.6 Å². The highest BCUT2D eigenvalue weighted by Crippen LogP contribution is 2.24. The van der Waals surface area contributed by atoms with Crippen LogP contribution in [0.5, 0.6) is 5.75 Å². The SMILES string of the molecule is CC(C)N(CCOc1ccc(Cl)cc1N)C(C)C. The molecular formula is C14H23ClN2O. The maximum absolute atomic E-state index is 5.84. The Bertz CT molecular complexity index is 372. The number of hydrogen-bond acceptors (Lipinski definition) is 3. The first-order chi connectivity index (χ1) is 8.41. The lowest BCUT2D eigenvalue weighted by Gasteiger charge is -2.30. The Labute approximate surface area is 115 Å². The van der Waals surface area contributed by atoms with E-state index in [1.165, 1.54) is 0 Å². The quantitative estimate of drug-likeness (QED) is 0.805. The van der Waals surface area contributed by atoms with Gasteiger partial charge in [0.15, 0.2) is 0 Å². The fourth-order valence-corrected chi connectivity index (χ4v) is 2.20. The number of nitrogen functional groups attached to an aromatic ring is 1. The van der Waals surface area contributed by atoms with Crippen LogP contribution in [-0.2, 0) is 0 Å². The molecule has 18 heavy (non-hydrogen) atoms. The van der Waals surface area contributed by atoms with Gasteiger partial charge in [-0.1, -0.05) is 11.6 Å². The zero-order chi connectivity index (χ0) is 13.7. The first-order valence-corrected chi connectivity index (χ1v) is 6.73. The molecular weight excluding hydrogens is 248 g/mol. The van der Waals surface area contributed by atoms with Crippen LogP contribution in [0.1, 0.15) is 27.7 Å². The molecule has 3 nitrogen and oxygen atoms in total. The number of nitrogens with two attached hydrogens (primary N) is 1. The van der Waals surface area contributed by atoms with E-state index >= 15 is 0 Å². The third kappa shape index (κ3) is 4.39. The van der Waals surface area contributed by atoms with Crippen molar-refractivity contribution in [1.82, 2.24) is 4.90 Å². The van der Waals surface area contributed by atoms with Gasteiger partial charge < -0.3 is 10.5 Å². The number of nitrogens with zero attached hydrogens (tertiary/aromatic N) is 1. The number of benzene rings is 1. The average molecular weight is 271 g/mol. The van der Waals surface area contributed by atoms with Crippen LogP contribution in [0.2, 0.25) is 5.02 Å². The summed E-state index contributed by atoms with van der Waals surface area (Å²) in [6.07, 6.45) is 0. The molecule has 4 heteroatoms. The number of ether oxygens (including phenoxy) is 1. The highest BCUT2D eigenvalue weighted by molar-refractivity contribution is 6.30. The maximum atomic E-state index is 5.84. The molecule has 0 aliphatic heterocycles. The van der Waals surface area contributed by atoms with Crippen molar-refractivity contribution in [3.63, 3.8) is 0 Å². The van der Waals surface area contributed by atoms with E-state index in [0.717, 1.165) is 6.54 Å². The van der Waals surface area contributed by atoms with Crippen LogP contribution in [-0.4, -0.2) is 30.1 Å². The standard InChI is InChI=1S/C14H23ClN2O/c1-10(2)17(11(3)4)7-8-18-14-6-5-12(15)9-13(14)16/h5-6,9-11H,7-8,16H2,1-4H3. The molecule has 1 aromatic carbocycles. The number of hydrogen-bond donors (Lipinski definition) is 1. The van der Waals surface area contributed by atoms with Crippen LogP contribution in [0.25, 0.3) is 0 Å². The van der Waals surface area contributed by atoms with Crippen molar-refractivity contribution in [1.29, 1.82) is 0 Å². The molecule has 0 unspecified atom stereocenters. The molecule has 2 N–H and O–H groups in total. The maximum Gasteiger partial charge on any atom is 0.142 e. The van der Waals surface area contributed by atoms with Gasteiger partial charge in [-0.05, 0) is 45.9 Å². The van der Waals surface area contributed by atoms with E-state index in [0.29, 0.717) is 35.2 Å². The van der Waals surface area contributed by atoms with Crippen LogP contribution < -0.4 is 10.5 Å². The van der Waals surface area contributed by atoms with Gasteiger partial charge in [-0.3, -0.25) is 4.90 Å². The minimum atomic E-state index is 0.510. The molecule has 1 rings (SSSR count). The van der Waals surface area contributed by atoms with Crippen molar-refractivity contribution >= 4 is 17.3 Å². The zero-order valence-electron chi connectivity index (χ0n) is 11.6. The van der Waals surface area contributed by atoms with E-state index in [4.69, 9.17) is 22.1 Å². The van der Waals surface area contributed by atoms with E-state index in [9.17, 15) is 0 Å². The summed E-state index contributed by atoms with van der Waals surface area (Å²) in [6, 6.07) is 6.33. The van der Waals surface area contributed by atoms with Gasteiger partial charge in [0.25, 0.3) is 0 Å². The van der Waals surface area contributed by atoms with Crippen molar-refractivity contribution < 1.29 is 4.74 Å². The largest absolute Gasteiger partial charge is 0.490 e. The van der Waals surface area contributed by atoms with Gasteiger partial charge >= 0.3 is 0 Å². The van der Waals surface area contributed by atoms with Gasteiger partial charge in [-0.25, -0.2) is 0 Å². The Morgan fingerprint density at radius 3 is 2.33 bits per heavy atom. The van der Waals surface area contributed by atoms with E-state index < -0.39 is 0 Å². The second kappa shape index (κ2) is 6.86. The van der Waals surface area contributed by atoms with Crippen LogP contribution in [0.3, 0.4) is 0 Å². The number of halogens is 1. The van der Waals surface area contributed by atoms with E-state index in [-0.39, 0.29) is 0 Å². The van der Waals surface area contributed by atoms with E-state index in [1.807, 2.05) is 6.07 Å². The Balaban J connectivity index is 2.50. The topological polar surface area (TPSA) is 38.5 Å². The fourth-order valence-electron chi connectivity index (χ4n) is 2.02. The Hall–Kier alpha value is -0.930. The predicted octanol–water partition coefficient (Wildman–Crippen LogP) is 3.42. The van der Waals surface area contributed by atoms with Crippen LogP contribution in [0, 0.1) is 0 Å². The van der Waals surface area contributed by atoms with Crippen molar-refractivity contribution in [2.75, 3.05) is 18.9 Å². The predicted molar refractivity (Wildman–Crippen MR) is 78.3 cm³/mol. The van der Waals surface area contributed by atoms with E-state index in [1.54, 1.807) is 12.1 Å². The minimum absolute atomic E-state index is 0.510. The zero-order valence-corrected chi connectivity index (χ0v) is 12.4. The molecule has 0 saturated carbocycles. The van der Waals surface area contributed by atoms with Gasteiger partial charge in [0.1, 0.15) is 12.4 Å². The third-order valence-corrected chi connectivity index (χ3v) is 3.14. The molecule has 0 fully saturated rings. The molecule has 0 amide bonds.